The maximum Gasteiger partial charge on any atom is 0.278 e. The minimum absolute atomic E-state index is 0.0683. The van der Waals surface area contributed by atoms with Crippen molar-refractivity contribution in [2.45, 2.75) is 10.3 Å². The number of carbonyl (C=O) groups is 1. The van der Waals surface area contributed by atoms with Crippen LogP contribution in [0.2, 0.25) is 0 Å². The largest absolute Gasteiger partial charge is 0.507 e. The van der Waals surface area contributed by atoms with Crippen molar-refractivity contribution < 1.29 is 14.7 Å². The number of aliphatic hydroxyl groups is 1. The van der Waals surface area contributed by atoms with E-state index in [1.165, 1.54) is 13.2 Å². The van der Waals surface area contributed by atoms with E-state index in [2.05, 4.69) is 32.9 Å². The Labute approximate surface area is 102 Å². The summed E-state index contributed by atoms with van der Waals surface area (Å²) in [6.07, 6.45) is 6.73. The molecule has 2 N–H and O–H groups in total. The summed E-state index contributed by atoms with van der Waals surface area (Å²) in [5, 5.41) is 9.60. The van der Waals surface area contributed by atoms with Gasteiger partial charge in [0.25, 0.3) is 5.91 Å². The van der Waals surface area contributed by atoms with Crippen LogP contribution in [0.25, 0.3) is 0 Å². The Morgan fingerprint density at radius 1 is 1.53 bits per heavy atom. The maximum atomic E-state index is 11.4. The van der Waals surface area contributed by atoms with Gasteiger partial charge in [0, 0.05) is 0 Å². The summed E-state index contributed by atoms with van der Waals surface area (Å²) in [6.45, 7) is 1.96. The Balaban J connectivity index is 2.98. The predicted octanol–water partition coefficient (Wildman–Crippen LogP) is 1.80. The molecule has 1 aliphatic rings. The van der Waals surface area contributed by atoms with Gasteiger partial charge >= 0.3 is 0 Å². The number of hydroxylamine groups is 1. The van der Waals surface area contributed by atoms with Gasteiger partial charge in [0.1, 0.15) is 5.76 Å². The third kappa shape index (κ3) is 3.35. The molecule has 0 aromatic carbocycles. The van der Waals surface area contributed by atoms with Gasteiger partial charge < -0.3 is 5.11 Å². The van der Waals surface area contributed by atoms with Gasteiger partial charge in [0.05, 0.1) is 16.1 Å². The zero-order chi connectivity index (χ0) is 11.5. The van der Waals surface area contributed by atoms with E-state index in [9.17, 15) is 9.90 Å². The lowest BCUT2D eigenvalue weighted by atomic mass is 10.1. The standard InChI is InChI=1S/C10H12INO3/c1-10(11)5-3-7(8(13)4-6-10)9(14)12-15-2/h3-6,13H,1-2H3,(H,12,14). The fourth-order valence-electron chi connectivity index (χ4n) is 1.06. The molecular formula is C10H12INO3. The molecule has 0 saturated heterocycles. The van der Waals surface area contributed by atoms with Crippen molar-refractivity contribution in [1.29, 1.82) is 0 Å². The smallest absolute Gasteiger partial charge is 0.278 e. The van der Waals surface area contributed by atoms with Crippen LogP contribution in [0.15, 0.2) is 35.6 Å². The molecule has 0 heterocycles. The second kappa shape index (κ2) is 4.80. The maximum absolute atomic E-state index is 11.4. The van der Waals surface area contributed by atoms with E-state index in [1.807, 2.05) is 19.1 Å². The molecule has 1 aliphatic carbocycles. The number of allylic oxidation sites excluding steroid dienone is 3. The van der Waals surface area contributed by atoms with Gasteiger partial charge in [-0.3, -0.25) is 9.63 Å². The van der Waals surface area contributed by atoms with Crippen molar-refractivity contribution in [2.75, 3.05) is 7.11 Å². The van der Waals surface area contributed by atoms with Crippen molar-refractivity contribution in [1.82, 2.24) is 5.48 Å². The fourth-order valence-corrected chi connectivity index (χ4v) is 1.42. The van der Waals surface area contributed by atoms with E-state index >= 15 is 0 Å². The quantitative estimate of drug-likeness (QED) is 0.463. The molecule has 0 bridgehead atoms. The van der Waals surface area contributed by atoms with E-state index in [4.69, 9.17) is 0 Å². The number of alkyl halides is 1. The Morgan fingerprint density at radius 2 is 2.13 bits per heavy atom. The van der Waals surface area contributed by atoms with E-state index in [-0.39, 0.29) is 14.8 Å². The minimum atomic E-state index is -0.468. The second-order valence-corrected chi connectivity index (χ2v) is 5.58. The average molecular weight is 321 g/mol. The van der Waals surface area contributed by atoms with Crippen LogP contribution in [0.4, 0.5) is 0 Å². The first-order valence-corrected chi connectivity index (χ1v) is 5.38. The minimum Gasteiger partial charge on any atom is -0.507 e. The van der Waals surface area contributed by atoms with Crippen LogP contribution in [-0.2, 0) is 9.63 Å². The van der Waals surface area contributed by atoms with Crippen molar-refractivity contribution in [3.63, 3.8) is 0 Å². The summed E-state index contributed by atoms with van der Waals surface area (Å²) in [5.41, 5.74) is 2.34. The zero-order valence-corrected chi connectivity index (χ0v) is 10.6. The van der Waals surface area contributed by atoms with Crippen LogP contribution < -0.4 is 5.48 Å². The van der Waals surface area contributed by atoms with Crippen molar-refractivity contribution in [2.24, 2.45) is 0 Å². The van der Waals surface area contributed by atoms with Gasteiger partial charge in [-0.2, -0.15) is 0 Å². The van der Waals surface area contributed by atoms with Crippen molar-refractivity contribution in [3.05, 3.63) is 35.6 Å². The van der Waals surface area contributed by atoms with Gasteiger partial charge in [0.15, 0.2) is 0 Å². The summed E-state index contributed by atoms with van der Waals surface area (Å²) in [6, 6.07) is 0. The number of hydrogen-bond donors (Lipinski definition) is 2. The molecule has 4 nitrogen and oxygen atoms in total. The Bertz CT molecular complexity index is 356. The summed E-state index contributed by atoms with van der Waals surface area (Å²) in [4.78, 5) is 15.9. The SMILES string of the molecule is CONC(=O)C1=C(O)C=CC(C)(I)C=C1. The van der Waals surface area contributed by atoms with Crippen LogP contribution >= 0.6 is 22.6 Å². The number of amides is 1. The lowest BCUT2D eigenvalue weighted by molar-refractivity contribution is -0.127. The number of aliphatic hydroxyl groups excluding tert-OH is 1. The molecule has 0 fully saturated rings. The molecule has 0 radical (unpaired) electrons. The molecule has 1 atom stereocenters. The molecule has 0 aromatic rings. The van der Waals surface area contributed by atoms with E-state index < -0.39 is 5.91 Å². The lowest BCUT2D eigenvalue weighted by Crippen LogP contribution is -2.23. The van der Waals surface area contributed by atoms with E-state index in [1.54, 1.807) is 6.08 Å². The summed E-state index contributed by atoms with van der Waals surface area (Å²) < 4.78 is -0.207. The summed E-state index contributed by atoms with van der Waals surface area (Å²) >= 11 is 2.21. The molecule has 15 heavy (non-hydrogen) atoms. The Morgan fingerprint density at radius 3 is 2.73 bits per heavy atom. The van der Waals surface area contributed by atoms with Gasteiger partial charge in [-0.1, -0.05) is 34.7 Å². The van der Waals surface area contributed by atoms with Crippen molar-refractivity contribution >= 4 is 28.5 Å². The second-order valence-electron chi connectivity index (χ2n) is 3.25. The number of rotatable bonds is 2. The van der Waals surface area contributed by atoms with Gasteiger partial charge in [-0.25, -0.2) is 5.48 Å². The third-order valence-corrected chi connectivity index (χ3v) is 2.58. The number of hydrogen-bond acceptors (Lipinski definition) is 3. The first kappa shape index (κ1) is 12.3. The van der Waals surface area contributed by atoms with Gasteiger partial charge in [-0.05, 0) is 19.1 Å². The molecule has 0 aromatic heterocycles. The Hall–Kier alpha value is -0.820. The van der Waals surface area contributed by atoms with Crippen LogP contribution in [0.5, 0.6) is 0 Å². The highest BCUT2D eigenvalue weighted by atomic mass is 127. The monoisotopic (exact) mass is 321 g/mol. The van der Waals surface area contributed by atoms with E-state index in [0.29, 0.717) is 0 Å². The van der Waals surface area contributed by atoms with Gasteiger partial charge in [0.2, 0.25) is 0 Å². The molecule has 1 rings (SSSR count). The molecule has 0 aliphatic heterocycles. The zero-order valence-electron chi connectivity index (χ0n) is 8.45. The first-order valence-electron chi connectivity index (χ1n) is 4.30. The lowest BCUT2D eigenvalue weighted by Gasteiger charge is -2.09. The first-order chi connectivity index (χ1) is 6.96. The molecule has 0 saturated carbocycles. The fraction of sp³-hybridized carbons (Fsp3) is 0.300. The summed E-state index contributed by atoms with van der Waals surface area (Å²) in [5.74, 6) is -0.536. The molecule has 0 spiro atoms. The highest BCUT2D eigenvalue weighted by molar-refractivity contribution is 14.1. The predicted molar refractivity (Wildman–Crippen MR) is 65.5 cm³/mol. The topological polar surface area (TPSA) is 58.6 Å². The molecule has 5 heteroatoms. The Kier molecular flexibility index (Phi) is 3.92. The van der Waals surface area contributed by atoms with Crippen LogP contribution in [0.3, 0.4) is 0 Å². The number of halogens is 1. The average Bonchev–Trinajstić information content (AvgIpc) is 2.27. The van der Waals surface area contributed by atoms with Crippen LogP contribution in [-0.4, -0.2) is 21.5 Å². The summed E-state index contributed by atoms with van der Waals surface area (Å²) in [7, 11) is 1.34. The molecular weight excluding hydrogens is 309 g/mol. The molecule has 1 amide bonds. The van der Waals surface area contributed by atoms with Crippen molar-refractivity contribution in [3.8, 4) is 0 Å². The third-order valence-electron chi connectivity index (χ3n) is 1.86. The van der Waals surface area contributed by atoms with Crippen LogP contribution in [0.1, 0.15) is 6.92 Å². The molecule has 1 unspecified atom stereocenters. The molecule has 82 valence electrons. The normalized spacial score (nSPS) is 25.3. The highest BCUT2D eigenvalue weighted by Crippen LogP contribution is 2.26. The highest BCUT2D eigenvalue weighted by Gasteiger charge is 2.19. The number of nitrogens with one attached hydrogen (secondary N) is 1. The van der Waals surface area contributed by atoms with E-state index in [0.717, 1.165) is 0 Å². The van der Waals surface area contributed by atoms with Gasteiger partial charge in [-0.15, -0.1) is 0 Å². The van der Waals surface area contributed by atoms with Crippen LogP contribution in [0, 0.1) is 0 Å². The number of carbonyl (C=O) groups excluding carboxylic acids is 1.